The van der Waals surface area contributed by atoms with Gasteiger partial charge in [-0.1, -0.05) is 0 Å². The Bertz CT molecular complexity index is 759. The molecule has 7 N–H and O–H groups in total. The summed E-state index contributed by atoms with van der Waals surface area (Å²) in [4.78, 5) is 6.60. The van der Waals surface area contributed by atoms with Crippen molar-refractivity contribution in [3.05, 3.63) is 41.5 Å². The van der Waals surface area contributed by atoms with E-state index in [4.69, 9.17) is 17.2 Å². The first-order valence-corrected chi connectivity index (χ1v) is 7.80. The Morgan fingerprint density at radius 2 is 2.30 bits per heavy atom. The summed E-state index contributed by atoms with van der Waals surface area (Å²) in [5, 5.41) is 8.23. The summed E-state index contributed by atoms with van der Waals surface area (Å²) in [6.07, 6.45) is 3.56. The van der Waals surface area contributed by atoms with Crippen LogP contribution in [0.25, 0.3) is 10.9 Å². The molecule has 122 valence electrons. The fourth-order valence-corrected chi connectivity index (χ4v) is 2.92. The minimum atomic E-state index is 0.153. The van der Waals surface area contributed by atoms with Crippen molar-refractivity contribution in [3.63, 3.8) is 0 Å². The van der Waals surface area contributed by atoms with Crippen LogP contribution in [0.15, 0.2) is 35.2 Å². The zero-order valence-corrected chi connectivity index (χ0v) is 13.3. The predicted octanol–water partition coefficient (Wildman–Crippen LogP) is 0.757. The topological polar surface area (TPSA) is 122 Å². The number of aromatic amines is 1. The van der Waals surface area contributed by atoms with Crippen LogP contribution in [-0.2, 0) is 0 Å². The van der Waals surface area contributed by atoms with E-state index >= 15 is 0 Å². The molecular formula is C16H23N7. The van der Waals surface area contributed by atoms with Gasteiger partial charge in [-0.25, -0.2) is 4.99 Å². The number of benzene rings is 1. The molecule has 1 atom stereocenters. The van der Waals surface area contributed by atoms with E-state index in [0.29, 0.717) is 11.7 Å². The Kier molecular flexibility index (Phi) is 4.20. The Morgan fingerprint density at radius 1 is 1.48 bits per heavy atom. The molecule has 0 bridgehead atoms. The summed E-state index contributed by atoms with van der Waals surface area (Å²) < 4.78 is 0. The number of piperidine rings is 1. The minimum Gasteiger partial charge on any atom is -0.402 e. The quantitative estimate of drug-likeness (QED) is 0.492. The third-order valence-electron chi connectivity index (χ3n) is 4.21. The first-order valence-electron chi connectivity index (χ1n) is 7.80. The van der Waals surface area contributed by atoms with E-state index in [1.165, 1.54) is 6.20 Å². The van der Waals surface area contributed by atoms with Gasteiger partial charge in [0.15, 0.2) is 0 Å². The molecule has 2 aromatic rings. The summed E-state index contributed by atoms with van der Waals surface area (Å²) in [7, 11) is 0. The van der Waals surface area contributed by atoms with Crippen LogP contribution < -0.4 is 17.2 Å². The third-order valence-corrected chi connectivity index (χ3v) is 4.21. The number of fused-ring (bicyclic) bond motifs is 1. The molecule has 2 heterocycles. The molecule has 1 aromatic carbocycles. The summed E-state index contributed by atoms with van der Waals surface area (Å²) in [5.74, 6) is 1.10. The highest BCUT2D eigenvalue weighted by molar-refractivity contribution is 6.01. The summed E-state index contributed by atoms with van der Waals surface area (Å²) in [5.41, 5.74) is 20.7. The van der Waals surface area contributed by atoms with Crippen molar-refractivity contribution in [1.82, 2.24) is 15.1 Å². The van der Waals surface area contributed by atoms with Crippen LogP contribution in [0.5, 0.6) is 0 Å². The summed E-state index contributed by atoms with van der Waals surface area (Å²) in [6, 6.07) is 5.99. The maximum absolute atomic E-state index is 6.19. The molecule has 1 fully saturated rings. The number of nitrogens with zero attached hydrogens (tertiary/aromatic N) is 3. The molecule has 0 spiro atoms. The van der Waals surface area contributed by atoms with Crippen molar-refractivity contribution in [2.45, 2.75) is 25.8 Å². The monoisotopic (exact) mass is 313 g/mol. The van der Waals surface area contributed by atoms with Crippen molar-refractivity contribution in [1.29, 1.82) is 0 Å². The lowest BCUT2D eigenvalue weighted by molar-refractivity contribution is 0.257. The SMILES string of the molecule is Cc1[nH]nc2ccc(/C(N)=N/C(=C\N)N3CCCC(N)C3)cc12. The van der Waals surface area contributed by atoms with Gasteiger partial charge in [0, 0.05) is 42.0 Å². The van der Waals surface area contributed by atoms with Crippen molar-refractivity contribution >= 4 is 16.7 Å². The fraction of sp³-hybridized carbons (Fsp3) is 0.375. The average Bonchev–Trinajstić information content (AvgIpc) is 2.93. The highest BCUT2D eigenvalue weighted by Crippen LogP contribution is 2.18. The fourth-order valence-electron chi connectivity index (χ4n) is 2.92. The average molecular weight is 313 g/mol. The van der Waals surface area contributed by atoms with Gasteiger partial charge in [0.1, 0.15) is 11.7 Å². The highest BCUT2D eigenvalue weighted by Gasteiger charge is 2.18. The smallest absolute Gasteiger partial charge is 0.146 e. The Labute approximate surface area is 135 Å². The van der Waals surface area contributed by atoms with E-state index in [9.17, 15) is 0 Å². The number of aryl methyl sites for hydroxylation is 1. The molecule has 1 unspecified atom stereocenters. The normalized spacial score (nSPS) is 20.3. The van der Waals surface area contributed by atoms with Gasteiger partial charge in [0.2, 0.25) is 0 Å². The maximum Gasteiger partial charge on any atom is 0.146 e. The molecule has 0 amide bonds. The predicted molar refractivity (Wildman–Crippen MR) is 92.6 cm³/mol. The highest BCUT2D eigenvalue weighted by atomic mass is 15.2. The molecule has 1 aliphatic rings. The van der Waals surface area contributed by atoms with Gasteiger partial charge in [0.25, 0.3) is 0 Å². The van der Waals surface area contributed by atoms with Crippen LogP contribution >= 0.6 is 0 Å². The molecule has 1 aromatic heterocycles. The maximum atomic E-state index is 6.19. The van der Waals surface area contributed by atoms with Gasteiger partial charge in [-0.05, 0) is 38.0 Å². The number of nitrogens with one attached hydrogen (secondary N) is 1. The number of likely N-dealkylation sites (tertiary alicyclic amines) is 1. The van der Waals surface area contributed by atoms with Crippen LogP contribution in [0.3, 0.4) is 0 Å². The minimum absolute atomic E-state index is 0.153. The molecule has 23 heavy (non-hydrogen) atoms. The molecule has 7 nitrogen and oxygen atoms in total. The van der Waals surface area contributed by atoms with Gasteiger partial charge in [-0.2, -0.15) is 5.10 Å². The number of hydrogen-bond acceptors (Lipinski definition) is 5. The first kappa shape index (κ1) is 15.4. The lowest BCUT2D eigenvalue weighted by atomic mass is 10.1. The number of hydrogen-bond donors (Lipinski definition) is 4. The van der Waals surface area contributed by atoms with Crippen molar-refractivity contribution in [2.75, 3.05) is 13.1 Å². The van der Waals surface area contributed by atoms with E-state index < -0.39 is 0 Å². The largest absolute Gasteiger partial charge is 0.402 e. The van der Waals surface area contributed by atoms with Gasteiger partial charge >= 0.3 is 0 Å². The Morgan fingerprint density at radius 3 is 3.04 bits per heavy atom. The van der Waals surface area contributed by atoms with Gasteiger partial charge in [0.05, 0.1) is 5.52 Å². The Hall–Kier alpha value is -2.54. The van der Waals surface area contributed by atoms with Crippen molar-refractivity contribution in [2.24, 2.45) is 22.2 Å². The second-order valence-electron chi connectivity index (χ2n) is 5.95. The molecule has 1 saturated heterocycles. The lowest BCUT2D eigenvalue weighted by Crippen LogP contribution is -2.42. The molecular weight excluding hydrogens is 290 g/mol. The van der Waals surface area contributed by atoms with Crippen molar-refractivity contribution < 1.29 is 0 Å². The van der Waals surface area contributed by atoms with Crippen LogP contribution in [0.4, 0.5) is 0 Å². The number of rotatable bonds is 3. The van der Waals surface area contributed by atoms with E-state index in [0.717, 1.165) is 48.1 Å². The zero-order chi connectivity index (χ0) is 16.4. The molecule has 7 heteroatoms. The standard InChI is InChI=1S/C16H23N7/c1-10-13-7-11(4-5-14(13)22-21-10)16(19)20-15(8-17)23-6-2-3-12(18)9-23/h4-5,7-8,12H,2-3,6,9,17-18H2,1H3,(H2,19,20)(H,21,22)/b15-8+. The number of aliphatic imine (C=N–C) groups is 1. The molecule has 0 aliphatic carbocycles. The van der Waals surface area contributed by atoms with E-state index in [1.54, 1.807) is 0 Å². The summed E-state index contributed by atoms with van der Waals surface area (Å²) in [6.45, 7) is 3.62. The molecule has 0 saturated carbocycles. The zero-order valence-electron chi connectivity index (χ0n) is 13.3. The molecule has 1 aliphatic heterocycles. The van der Waals surface area contributed by atoms with Gasteiger partial charge in [-0.3, -0.25) is 5.10 Å². The Balaban J connectivity index is 1.88. The van der Waals surface area contributed by atoms with Crippen LogP contribution in [0.1, 0.15) is 24.1 Å². The first-order chi connectivity index (χ1) is 11.1. The summed E-state index contributed by atoms with van der Waals surface area (Å²) >= 11 is 0. The van der Waals surface area contributed by atoms with Crippen LogP contribution in [-0.4, -0.2) is 40.1 Å². The molecule has 3 rings (SSSR count). The van der Waals surface area contributed by atoms with E-state index in [1.807, 2.05) is 25.1 Å². The van der Waals surface area contributed by atoms with Crippen LogP contribution in [0.2, 0.25) is 0 Å². The van der Waals surface area contributed by atoms with E-state index in [2.05, 4.69) is 20.1 Å². The van der Waals surface area contributed by atoms with Crippen LogP contribution in [0, 0.1) is 6.92 Å². The van der Waals surface area contributed by atoms with E-state index in [-0.39, 0.29) is 6.04 Å². The molecule has 0 radical (unpaired) electrons. The number of nitrogens with two attached hydrogens (primary N) is 3. The third kappa shape index (κ3) is 3.14. The van der Waals surface area contributed by atoms with Gasteiger partial charge in [-0.15, -0.1) is 0 Å². The van der Waals surface area contributed by atoms with Gasteiger partial charge < -0.3 is 22.1 Å². The second-order valence-corrected chi connectivity index (χ2v) is 5.95. The number of H-pyrrole nitrogens is 1. The number of amidine groups is 1. The second kappa shape index (κ2) is 6.29. The van der Waals surface area contributed by atoms with Crippen molar-refractivity contribution in [3.8, 4) is 0 Å². The lowest BCUT2D eigenvalue weighted by Gasteiger charge is -2.32. The number of aromatic nitrogens is 2.